The first-order valence-corrected chi connectivity index (χ1v) is 11.4. The number of halogens is 2. The van der Waals surface area contributed by atoms with Crippen molar-refractivity contribution in [2.45, 2.75) is 36.6 Å². The Morgan fingerprint density at radius 2 is 1.50 bits per heavy atom. The molecule has 0 aromatic heterocycles. The van der Waals surface area contributed by atoms with Crippen molar-refractivity contribution in [1.29, 1.82) is 0 Å². The second-order valence-electron chi connectivity index (χ2n) is 6.86. The van der Waals surface area contributed by atoms with Crippen molar-refractivity contribution in [2.75, 3.05) is 13.1 Å². The van der Waals surface area contributed by atoms with Crippen LogP contribution in [0.15, 0.2) is 53.4 Å². The van der Waals surface area contributed by atoms with Gasteiger partial charge >= 0.3 is 0 Å². The van der Waals surface area contributed by atoms with Crippen LogP contribution in [0, 0.1) is 0 Å². The lowest BCUT2D eigenvalue weighted by molar-refractivity contribution is -0.132. The molecular weight excluding hydrogens is 419 g/mol. The third-order valence-corrected chi connectivity index (χ3v) is 6.87. The first-order chi connectivity index (χ1) is 13.3. The number of benzene rings is 2. The maximum absolute atomic E-state index is 12.5. The van der Waals surface area contributed by atoms with Gasteiger partial charge in [-0.2, -0.15) is 0 Å². The maximum atomic E-state index is 12.5. The number of amides is 1. The molecule has 1 N–H and O–H groups in total. The van der Waals surface area contributed by atoms with E-state index in [9.17, 15) is 13.2 Å². The van der Waals surface area contributed by atoms with Crippen LogP contribution >= 0.6 is 23.2 Å². The second kappa shape index (κ2) is 9.27. The monoisotopic (exact) mass is 440 g/mol. The maximum Gasteiger partial charge on any atom is 0.240 e. The molecule has 0 atom stereocenters. The smallest absolute Gasteiger partial charge is 0.240 e. The zero-order valence-corrected chi connectivity index (χ0v) is 17.6. The van der Waals surface area contributed by atoms with Crippen molar-refractivity contribution in [3.63, 3.8) is 0 Å². The van der Waals surface area contributed by atoms with E-state index in [1.807, 2.05) is 29.2 Å². The van der Waals surface area contributed by atoms with E-state index in [1.54, 1.807) is 12.1 Å². The van der Waals surface area contributed by atoms with Crippen LogP contribution in [0.2, 0.25) is 10.0 Å². The molecule has 28 heavy (non-hydrogen) atoms. The molecular formula is C20H22Cl2N2O3S. The molecule has 1 aliphatic rings. The molecule has 3 rings (SSSR count). The van der Waals surface area contributed by atoms with Crippen molar-refractivity contribution < 1.29 is 13.2 Å². The highest BCUT2D eigenvalue weighted by atomic mass is 35.5. The Hall–Kier alpha value is -1.60. The van der Waals surface area contributed by atoms with Crippen LogP contribution in [-0.4, -0.2) is 38.4 Å². The SMILES string of the molecule is O=C(CCc1ccc(Cl)cc1)N1CCC(NS(=O)(=O)c2ccc(Cl)cc2)CC1. The van der Waals surface area contributed by atoms with Gasteiger partial charge in [-0.1, -0.05) is 35.3 Å². The Balaban J connectivity index is 1.47. The molecule has 0 saturated carbocycles. The normalized spacial score (nSPS) is 15.6. The van der Waals surface area contributed by atoms with Crippen LogP contribution in [0.1, 0.15) is 24.8 Å². The van der Waals surface area contributed by atoms with Crippen molar-refractivity contribution >= 4 is 39.1 Å². The summed E-state index contributed by atoms with van der Waals surface area (Å²) in [5.41, 5.74) is 1.07. The third-order valence-electron chi connectivity index (χ3n) is 4.83. The number of hydrogen-bond acceptors (Lipinski definition) is 3. The average molecular weight is 441 g/mol. The van der Waals surface area contributed by atoms with E-state index in [0.717, 1.165) is 5.56 Å². The number of aryl methyl sites for hydroxylation is 1. The highest BCUT2D eigenvalue weighted by Gasteiger charge is 2.26. The van der Waals surface area contributed by atoms with Gasteiger partial charge in [-0.05, 0) is 61.2 Å². The van der Waals surface area contributed by atoms with Crippen LogP contribution in [0.4, 0.5) is 0 Å². The zero-order chi connectivity index (χ0) is 20.1. The number of likely N-dealkylation sites (tertiary alicyclic amines) is 1. The number of carbonyl (C=O) groups excluding carboxylic acids is 1. The van der Waals surface area contributed by atoms with E-state index in [1.165, 1.54) is 12.1 Å². The van der Waals surface area contributed by atoms with Gasteiger partial charge in [0.2, 0.25) is 15.9 Å². The van der Waals surface area contributed by atoms with Crippen molar-refractivity contribution in [3.05, 3.63) is 64.1 Å². The van der Waals surface area contributed by atoms with Crippen molar-refractivity contribution in [1.82, 2.24) is 9.62 Å². The average Bonchev–Trinajstić information content (AvgIpc) is 2.68. The molecule has 1 aliphatic heterocycles. The Morgan fingerprint density at radius 3 is 2.07 bits per heavy atom. The summed E-state index contributed by atoms with van der Waals surface area (Å²) >= 11 is 11.7. The minimum absolute atomic E-state index is 0.0916. The van der Waals surface area contributed by atoms with Crippen molar-refractivity contribution in [3.8, 4) is 0 Å². The molecule has 2 aromatic carbocycles. The number of piperidine rings is 1. The third kappa shape index (κ3) is 5.70. The van der Waals surface area contributed by atoms with E-state index >= 15 is 0 Å². The van der Waals surface area contributed by atoms with E-state index < -0.39 is 10.0 Å². The summed E-state index contributed by atoms with van der Waals surface area (Å²) in [4.78, 5) is 14.4. The van der Waals surface area contributed by atoms with Crippen LogP contribution < -0.4 is 4.72 Å². The fraction of sp³-hybridized carbons (Fsp3) is 0.350. The predicted molar refractivity (Wildman–Crippen MR) is 111 cm³/mol. The summed E-state index contributed by atoms with van der Waals surface area (Å²) in [6.07, 6.45) is 2.29. The molecule has 0 aliphatic carbocycles. The summed E-state index contributed by atoms with van der Waals surface area (Å²) in [5.74, 6) is 0.0916. The lowest BCUT2D eigenvalue weighted by Crippen LogP contribution is -2.46. The highest BCUT2D eigenvalue weighted by Crippen LogP contribution is 2.18. The molecule has 1 amide bonds. The summed E-state index contributed by atoms with van der Waals surface area (Å²) in [5, 5.41) is 1.17. The zero-order valence-electron chi connectivity index (χ0n) is 15.3. The molecule has 0 spiro atoms. The second-order valence-corrected chi connectivity index (χ2v) is 9.44. The summed E-state index contributed by atoms with van der Waals surface area (Å²) in [7, 11) is -3.59. The van der Waals surface area contributed by atoms with Crippen molar-refractivity contribution in [2.24, 2.45) is 0 Å². The quantitative estimate of drug-likeness (QED) is 0.740. The minimum Gasteiger partial charge on any atom is -0.343 e. The largest absolute Gasteiger partial charge is 0.343 e. The Kier molecular flexibility index (Phi) is 6.99. The minimum atomic E-state index is -3.59. The highest BCUT2D eigenvalue weighted by molar-refractivity contribution is 7.89. The van der Waals surface area contributed by atoms with Crippen LogP contribution in [0.25, 0.3) is 0 Å². The van der Waals surface area contributed by atoms with E-state index in [0.29, 0.717) is 48.8 Å². The lowest BCUT2D eigenvalue weighted by Gasteiger charge is -2.32. The van der Waals surface area contributed by atoms with Gasteiger partial charge in [0.05, 0.1) is 4.90 Å². The van der Waals surface area contributed by atoms with Gasteiger partial charge in [-0.15, -0.1) is 0 Å². The number of carbonyl (C=O) groups is 1. The van der Waals surface area contributed by atoms with Gasteiger partial charge in [0, 0.05) is 35.6 Å². The number of rotatable bonds is 6. The van der Waals surface area contributed by atoms with Gasteiger partial charge in [0.1, 0.15) is 0 Å². The fourth-order valence-electron chi connectivity index (χ4n) is 3.21. The summed E-state index contributed by atoms with van der Waals surface area (Å²) < 4.78 is 27.7. The molecule has 5 nitrogen and oxygen atoms in total. The Morgan fingerprint density at radius 1 is 0.964 bits per heavy atom. The Bertz CT molecular complexity index is 907. The van der Waals surface area contributed by atoms with Gasteiger partial charge in [0.15, 0.2) is 0 Å². The van der Waals surface area contributed by atoms with Crippen LogP contribution in [-0.2, 0) is 21.2 Å². The van der Waals surface area contributed by atoms with Crippen LogP contribution in [0.5, 0.6) is 0 Å². The van der Waals surface area contributed by atoms with Crippen LogP contribution in [0.3, 0.4) is 0 Å². The molecule has 0 bridgehead atoms. The predicted octanol–water partition coefficient (Wildman–Crippen LogP) is 3.90. The molecule has 1 saturated heterocycles. The number of nitrogens with one attached hydrogen (secondary N) is 1. The molecule has 150 valence electrons. The standard InChI is InChI=1S/C20H22Cl2N2O3S/c21-16-4-1-15(2-5-16)3-10-20(25)24-13-11-18(12-14-24)23-28(26,27)19-8-6-17(22)7-9-19/h1-2,4-9,18,23H,3,10-14H2. The van der Waals surface area contributed by atoms with Gasteiger partial charge < -0.3 is 4.90 Å². The van der Waals surface area contributed by atoms with E-state index in [4.69, 9.17) is 23.2 Å². The fourth-order valence-corrected chi connectivity index (χ4v) is 4.77. The van der Waals surface area contributed by atoms with Gasteiger partial charge in [-0.3, -0.25) is 4.79 Å². The lowest BCUT2D eigenvalue weighted by atomic mass is 10.0. The number of nitrogens with zero attached hydrogens (tertiary/aromatic N) is 1. The molecule has 8 heteroatoms. The van der Waals surface area contributed by atoms with Gasteiger partial charge in [0.25, 0.3) is 0 Å². The molecule has 0 radical (unpaired) electrons. The molecule has 1 heterocycles. The number of sulfonamides is 1. The number of hydrogen-bond donors (Lipinski definition) is 1. The molecule has 1 fully saturated rings. The topological polar surface area (TPSA) is 66.5 Å². The summed E-state index contributed by atoms with van der Waals surface area (Å²) in [6, 6.07) is 13.4. The van der Waals surface area contributed by atoms with E-state index in [2.05, 4.69) is 4.72 Å². The van der Waals surface area contributed by atoms with E-state index in [-0.39, 0.29) is 16.8 Å². The molecule has 2 aromatic rings. The first-order valence-electron chi connectivity index (χ1n) is 9.13. The van der Waals surface area contributed by atoms with Gasteiger partial charge in [-0.25, -0.2) is 13.1 Å². The summed E-state index contributed by atoms with van der Waals surface area (Å²) in [6.45, 7) is 1.10. The Labute approximate surface area is 175 Å². The molecule has 0 unspecified atom stereocenters. The first kappa shape index (κ1) is 21.1.